The number of esters is 1. The molecule has 1 saturated heterocycles. The Labute approximate surface area is 245 Å². The topological polar surface area (TPSA) is 137 Å². The summed E-state index contributed by atoms with van der Waals surface area (Å²) in [6, 6.07) is 20.7. The molecule has 43 heavy (non-hydrogen) atoms. The quantitative estimate of drug-likeness (QED) is 0.0941. The Morgan fingerprint density at radius 2 is 1.56 bits per heavy atom. The summed E-state index contributed by atoms with van der Waals surface area (Å²) in [5.74, 6) is -1.22. The number of hydrogen-bond acceptors (Lipinski definition) is 8. The SMILES string of the molecule is O=C(COC(=O)c1cc(-c2ccc(N3C(=O)[C@@H]4[C@H]5CC[C@@H](C5)[C@@H]4C3=O)cc2)nc2ccccc12)c1ccc([N+](=O)[O-])cc1. The lowest BCUT2D eigenvalue weighted by atomic mass is 9.81. The average molecular weight is 576 g/mol. The number of amides is 2. The van der Waals surface area contributed by atoms with Gasteiger partial charge in [-0.1, -0.05) is 30.3 Å². The third-order valence-electron chi connectivity index (χ3n) is 9.02. The first kappa shape index (κ1) is 26.6. The summed E-state index contributed by atoms with van der Waals surface area (Å²) in [7, 11) is 0. The third kappa shape index (κ3) is 4.46. The molecular formula is C33H25N3O7. The second-order valence-corrected chi connectivity index (χ2v) is 11.3. The van der Waals surface area contributed by atoms with E-state index in [1.165, 1.54) is 29.2 Å². The van der Waals surface area contributed by atoms with E-state index in [1.54, 1.807) is 54.6 Å². The van der Waals surface area contributed by atoms with Crippen molar-refractivity contribution in [3.05, 3.63) is 100 Å². The molecule has 0 unspecified atom stereocenters. The van der Waals surface area contributed by atoms with Gasteiger partial charge in [-0.3, -0.25) is 29.4 Å². The van der Waals surface area contributed by atoms with E-state index in [1.807, 2.05) is 0 Å². The first-order valence-corrected chi connectivity index (χ1v) is 14.1. The Morgan fingerprint density at radius 3 is 2.21 bits per heavy atom. The van der Waals surface area contributed by atoms with Gasteiger partial charge in [-0.15, -0.1) is 0 Å². The van der Waals surface area contributed by atoms with Crippen LogP contribution in [0.5, 0.6) is 0 Å². The van der Waals surface area contributed by atoms with Crippen LogP contribution in [0.25, 0.3) is 22.2 Å². The van der Waals surface area contributed by atoms with Crippen LogP contribution in [0.2, 0.25) is 0 Å². The number of para-hydroxylation sites is 1. The fourth-order valence-electron chi connectivity index (χ4n) is 7.00. The van der Waals surface area contributed by atoms with Crippen LogP contribution in [0.15, 0.2) is 78.9 Å². The maximum absolute atomic E-state index is 13.2. The van der Waals surface area contributed by atoms with Gasteiger partial charge >= 0.3 is 5.97 Å². The van der Waals surface area contributed by atoms with Crippen molar-refractivity contribution in [1.29, 1.82) is 0 Å². The van der Waals surface area contributed by atoms with Crippen LogP contribution in [-0.4, -0.2) is 40.1 Å². The molecule has 7 rings (SSSR count). The molecule has 4 aromatic rings. The van der Waals surface area contributed by atoms with Gasteiger partial charge in [0.15, 0.2) is 12.4 Å². The van der Waals surface area contributed by atoms with Crippen LogP contribution in [0, 0.1) is 33.8 Å². The van der Waals surface area contributed by atoms with Gasteiger partial charge in [0.1, 0.15) is 0 Å². The van der Waals surface area contributed by atoms with Crippen LogP contribution < -0.4 is 4.90 Å². The number of pyridine rings is 1. The van der Waals surface area contributed by atoms with Crippen molar-refractivity contribution in [3.8, 4) is 11.3 Å². The Bertz CT molecular complexity index is 1810. The van der Waals surface area contributed by atoms with Crippen molar-refractivity contribution in [2.45, 2.75) is 19.3 Å². The Kier molecular flexibility index (Phi) is 6.34. The van der Waals surface area contributed by atoms with Crippen LogP contribution in [0.4, 0.5) is 11.4 Å². The Balaban J connectivity index is 1.12. The minimum Gasteiger partial charge on any atom is -0.454 e. The standard InChI is InChI=1S/C33H25N3O7/c37-28(19-9-13-23(14-10-19)36(41)42)17-43-33(40)25-16-27(34-26-4-2-1-3-24(25)26)18-7-11-22(12-8-18)35-31(38)29-20-5-6-21(15-20)30(29)32(35)39/h1-4,7-14,16,20-21,29-30H,5-6,15,17H2/t20-,21-,29-,30+/m0/s1. The number of nitro benzene ring substituents is 1. The molecule has 4 atom stereocenters. The largest absolute Gasteiger partial charge is 0.454 e. The molecule has 2 saturated carbocycles. The van der Waals surface area contributed by atoms with Crippen molar-refractivity contribution in [1.82, 2.24) is 4.98 Å². The van der Waals surface area contributed by atoms with Gasteiger partial charge in [-0.05, 0) is 67.5 Å². The van der Waals surface area contributed by atoms with Gasteiger partial charge in [0.2, 0.25) is 11.8 Å². The lowest BCUT2D eigenvalue weighted by molar-refractivity contribution is -0.384. The summed E-state index contributed by atoms with van der Waals surface area (Å²) in [5, 5.41) is 11.4. The number of benzene rings is 3. The minimum absolute atomic E-state index is 0.105. The second-order valence-electron chi connectivity index (χ2n) is 11.3. The van der Waals surface area contributed by atoms with Gasteiger partial charge in [-0.25, -0.2) is 9.78 Å². The molecule has 214 valence electrons. The van der Waals surface area contributed by atoms with Gasteiger partial charge in [-0.2, -0.15) is 0 Å². The number of ether oxygens (including phenoxy) is 1. The molecule has 0 radical (unpaired) electrons. The zero-order valence-electron chi connectivity index (χ0n) is 22.8. The van der Waals surface area contributed by atoms with E-state index < -0.39 is 23.3 Å². The van der Waals surface area contributed by atoms with Crippen LogP contribution in [0.1, 0.15) is 40.0 Å². The monoisotopic (exact) mass is 575 g/mol. The number of hydrogen-bond donors (Lipinski definition) is 0. The van der Waals surface area contributed by atoms with E-state index in [4.69, 9.17) is 9.72 Å². The number of anilines is 1. The molecular weight excluding hydrogens is 550 g/mol. The number of carbonyl (C=O) groups excluding carboxylic acids is 4. The van der Waals surface area contributed by atoms with Crippen LogP contribution >= 0.6 is 0 Å². The molecule has 1 aromatic heterocycles. The number of non-ortho nitro benzene ring substituents is 1. The average Bonchev–Trinajstić information content (AvgIpc) is 3.72. The maximum atomic E-state index is 13.2. The van der Waals surface area contributed by atoms with Gasteiger partial charge < -0.3 is 4.74 Å². The number of imide groups is 1. The predicted octanol–water partition coefficient (Wildman–Crippen LogP) is 5.39. The molecule has 2 heterocycles. The third-order valence-corrected chi connectivity index (χ3v) is 9.02. The van der Waals surface area contributed by atoms with Crippen molar-refractivity contribution >= 4 is 45.8 Å². The highest BCUT2D eigenvalue weighted by Gasteiger charge is 2.61. The highest BCUT2D eigenvalue weighted by Crippen LogP contribution is 2.56. The Morgan fingerprint density at radius 1 is 0.907 bits per heavy atom. The molecule has 1 aliphatic heterocycles. The van der Waals surface area contributed by atoms with Crippen molar-refractivity contribution < 1.29 is 28.8 Å². The zero-order valence-corrected chi connectivity index (χ0v) is 22.8. The van der Waals surface area contributed by atoms with Crippen molar-refractivity contribution in [2.75, 3.05) is 11.5 Å². The number of Topliss-reactive ketones (excluding diaryl/α,β-unsaturated/α-hetero) is 1. The summed E-state index contributed by atoms with van der Waals surface area (Å²) >= 11 is 0. The highest BCUT2D eigenvalue weighted by molar-refractivity contribution is 6.22. The first-order valence-electron chi connectivity index (χ1n) is 14.1. The van der Waals surface area contributed by atoms with E-state index in [0.717, 1.165) is 19.3 Å². The summed E-state index contributed by atoms with van der Waals surface area (Å²) in [6.45, 7) is -0.543. The molecule has 0 N–H and O–H groups in total. The molecule has 10 heteroatoms. The normalized spacial score (nSPS) is 22.2. The zero-order chi connectivity index (χ0) is 29.8. The number of ketones is 1. The highest BCUT2D eigenvalue weighted by atomic mass is 16.6. The van der Waals surface area contributed by atoms with Crippen LogP contribution in [0.3, 0.4) is 0 Å². The van der Waals surface area contributed by atoms with Crippen molar-refractivity contribution in [3.63, 3.8) is 0 Å². The van der Waals surface area contributed by atoms with Gasteiger partial charge in [0, 0.05) is 28.6 Å². The van der Waals surface area contributed by atoms with Gasteiger partial charge in [0.05, 0.1) is 39.2 Å². The first-order chi connectivity index (χ1) is 20.8. The van der Waals surface area contributed by atoms with Crippen molar-refractivity contribution in [2.24, 2.45) is 23.7 Å². The summed E-state index contributed by atoms with van der Waals surface area (Å²) in [5.41, 5.74) is 2.48. The van der Waals surface area contributed by atoms with E-state index >= 15 is 0 Å². The number of fused-ring (bicyclic) bond motifs is 6. The van der Waals surface area contributed by atoms with Crippen LogP contribution in [-0.2, 0) is 14.3 Å². The van der Waals surface area contributed by atoms with E-state index in [9.17, 15) is 29.3 Å². The molecule has 10 nitrogen and oxygen atoms in total. The maximum Gasteiger partial charge on any atom is 0.339 e. The smallest absolute Gasteiger partial charge is 0.339 e. The molecule has 0 spiro atoms. The lowest BCUT2D eigenvalue weighted by Crippen LogP contribution is -2.32. The number of nitro groups is 1. The summed E-state index contributed by atoms with van der Waals surface area (Å²) in [6.07, 6.45) is 3.01. The predicted molar refractivity (Wildman–Crippen MR) is 155 cm³/mol. The number of rotatable bonds is 7. The Hall–Kier alpha value is -5.25. The molecule has 3 aliphatic rings. The lowest BCUT2D eigenvalue weighted by Gasteiger charge is -2.19. The fraction of sp³-hybridized carbons (Fsp3) is 0.242. The number of nitrogens with zero attached hydrogens (tertiary/aromatic N) is 3. The van der Waals surface area contributed by atoms with E-state index in [-0.39, 0.29) is 40.5 Å². The van der Waals surface area contributed by atoms with E-state index in [2.05, 4.69) is 0 Å². The molecule has 3 fully saturated rings. The number of carbonyl (C=O) groups is 4. The molecule has 2 aliphatic carbocycles. The minimum atomic E-state index is -0.721. The molecule has 2 bridgehead atoms. The number of aromatic nitrogens is 1. The summed E-state index contributed by atoms with van der Waals surface area (Å²) in [4.78, 5) is 68.6. The second kappa shape index (κ2) is 10.2. The van der Waals surface area contributed by atoms with E-state index in [0.29, 0.717) is 39.7 Å². The molecule has 3 aromatic carbocycles. The van der Waals surface area contributed by atoms with Gasteiger partial charge in [0.25, 0.3) is 5.69 Å². The fourth-order valence-corrected chi connectivity index (χ4v) is 7.00. The molecule has 2 amide bonds. The summed E-state index contributed by atoms with van der Waals surface area (Å²) < 4.78 is 5.36.